The van der Waals surface area contributed by atoms with Gasteiger partial charge in [0.2, 0.25) is 0 Å². The van der Waals surface area contributed by atoms with Gasteiger partial charge in [-0.05, 0) is 12.5 Å². The molecule has 1 radical (unpaired) electrons. The fraction of sp³-hybridized carbons (Fsp3) is 0.833. The summed E-state index contributed by atoms with van der Waals surface area (Å²) in [6, 6.07) is 0. The molecule has 0 N–H and O–H groups in total. The van der Waals surface area contributed by atoms with Gasteiger partial charge in [0.25, 0.3) is 0 Å². The topological polar surface area (TPSA) is 67.2 Å². The van der Waals surface area contributed by atoms with Gasteiger partial charge < -0.3 is 9.47 Å². The lowest BCUT2D eigenvalue weighted by atomic mass is 10.7. The summed E-state index contributed by atoms with van der Waals surface area (Å²) in [5.41, 5.74) is 7.88. The van der Waals surface area contributed by atoms with Crippen molar-refractivity contribution in [2.75, 3.05) is 26.4 Å². The normalized spacial score (nSPS) is 9.18. The Kier molecular flexibility index (Phi) is 8.58. The van der Waals surface area contributed by atoms with Crippen LogP contribution < -0.4 is 0 Å². The van der Waals surface area contributed by atoms with Crippen molar-refractivity contribution in [3.63, 3.8) is 0 Å². The van der Waals surface area contributed by atoms with Crippen molar-refractivity contribution in [2.24, 2.45) is 5.11 Å². The number of hydrogen-bond donors (Lipinski definition) is 0. The molecule has 0 aliphatic carbocycles. The van der Waals surface area contributed by atoms with E-state index in [1.165, 1.54) is 0 Å². The maximum absolute atomic E-state index is 7.88. The lowest BCUT2D eigenvalue weighted by molar-refractivity contribution is 0.0773. The van der Waals surface area contributed by atoms with Crippen molar-refractivity contribution in [2.45, 2.75) is 6.92 Å². The Balaban J connectivity index is 2.84. The molecule has 63 valence electrons. The van der Waals surface area contributed by atoms with Crippen LogP contribution in [0, 0.1) is 6.61 Å². The fourth-order valence-electron chi connectivity index (χ4n) is 0.477. The molecule has 0 saturated heterocycles. The second-order valence-corrected chi connectivity index (χ2v) is 1.67. The van der Waals surface area contributed by atoms with Crippen molar-refractivity contribution >= 4 is 0 Å². The van der Waals surface area contributed by atoms with Gasteiger partial charge in [-0.3, -0.25) is 0 Å². The average molecular weight is 158 g/mol. The van der Waals surface area contributed by atoms with Gasteiger partial charge in [0, 0.05) is 11.5 Å². The van der Waals surface area contributed by atoms with Gasteiger partial charge in [0.15, 0.2) is 0 Å². The van der Waals surface area contributed by atoms with Crippen LogP contribution in [0.3, 0.4) is 0 Å². The van der Waals surface area contributed by atoms with E-state index in [1.807, 2.05) is 0 Å². The highest BCUT2D eigenvalue weighted by Crippen LogP contribution is 1.81. The van der Waals surface area contributed by atoms with Crippen molar-refractivity contribution in [3.8, 4) is 0 Å². The summed E-state index contributed by atoms with van der Waals surface area (Å²) in [6.45, 7) is 5.33. The Labute approximate surface area is 65.9 Å². The van der Waals surface area contributed by atoms with Gasteiger partial charge in [0.05, 0.1) is 26.4 Å². The van der Waals surface area contributed by atoms with Crippen LogP contribution in [0.25, 0.3) is 10.4 Å². The third-order valence-electron chi connectivity index (χ3n) is 0.911. The molecule has 0 spiro atoms. The third-order valence-corrected chi connectivity index (χ3v) is 0.911. The smallest absolute Gasteiger partial charge is 0.0807 e. The van der Waals surface area contributed by atoms with Crippen LogP contribution in [-0.4, -0.2) is 26.4 Å². The first-order valence-electron chi connectivity index (χ1n) is 3.40. The molecule has 0 aromatic carbocycles. The van der Waals surface area contributed by atoms with Gasteiger partial charge in [-0.25, -0.2) is 0 Å². The summed E-state index contributed by atoms with van der Waals surface area (Å²) in [5.74, 6) is 0. The quantitative estimate of drug-likeness (QED) is 0.244. The molecule has 0 saturated carbocycles. The molecule has 0 fully saturated rings. The molecular weight excluding hydrogens is 146 g/mol. The number of rotatable bonds is 7. The number of nitrogens with zero attached hydrogens (tertiary/aromatic N) is 3. The highest BCUT2D eigenvalue weighted by Gasteiger charge is 1.86. The Bertz CT molecular complexity index is 123. The molecule has 0 unspecified atom stereocenters. The first-order valence-corrected chi connectivity index (χ1v) is 3.40. The van der Waals surface area contributed by atoms with Crippen LogP contribution in [0.2, 0.25) is 0 Å². The zero-order valence-corrected chi connectivity index (χ0v) is 6.56. The summed E-state index contributed by atoms with van der Waals surface area (Å²) in [4.78, 5) is 2.58. The van der Waals surface area contributed by atoms with Crippen molar-refractivity contribution in [1.82, 2.24) is 0 Å². The molecule has 0 aliphatic heterocycles. The average Bonchev–Trinajstić information content (AvgIpc) is 2.03. The molecular formula is C6H12N3O2. The van der Waals surface area contributed by atoms with Crippen LogP contribution in [0.1, 0.15) is 6.92 Å². The molecule has 0 atom stereocenters. The van der Waals surface area contributed by atoms with E-state index in [-0.39, 0.29) is 0 Å². The van der Waals surface area contributed by atoms with E-state index in [0.29, 0.717) is 26.4 Å². The summed E-state index contributed by atoms with van der Waals surface area (Å²) >= 11 is 0. The highest BCUT2D eigenvalue weighted by atomic mass is 16.5. The molecule has 0 bridgehead atoms. The maximum Gasteiger partial charge on any atom is 0.0807 e. The minimum Gasteiger partial charge on any atom is -0.379 e. The van der Waals surface area contributed by atoms with E-state index in [1.54, 1.807) is 13.5 Å². The van der Waals surface area contributed by atoms with Gasteiger partial charge >= 0.3 is 0 Å². The van der Waals surface area contributed by atoms with E-state index >= 15 is 0 Å². The van der Waals surface area contributed by atoms with Gasteiger partial charge in [-0.15, -0.1) is 0 Å². The van der Waals surface area contributed by atoms with Gasteiger partial charge in [-0.1, -0.05) is 5.11 Å². The second-order valence-electron chi connectivity index (χ2n) is 1.67. The van der Waals surface area contributed by atoms with Crippen LogP contribution >= 0.6 is 0 Å². The zero-order valence-electron chi connectivity index (χ0n) is 6.56. The molecule has 0 aromatic rings. The van der Waals surface area contributed by atoms with Crippen LogP contribution in [-0.2, 0) is 9.47 Å². The Morgan fingerprint density at radius 3 is 2.91 bits per heavy atom. The lowest BCUT2D eigenvalue weighted by Crippen LogP contribution is -2.04. The minimum atomic E-state index is 0.381. The first kappa shape index (κ1) is 10.2. The first-order chi connectivity index (χ1) is 5.41. The molecule has 0 amide bonds. The largest absolute Gasteiger partial charge is 0.379 e. The molecule has 0 aromatic heterocycles. The number of ether oxygens (including phenoxy) is 2. The van der Waals surface area contributed by atoms with E-state index in [9.17, 15) is 0 Å². The predicted molar refractivity (Wildman–Crippen MR) is 40.8 cm³/mol. The SMILES string of the molecule is C[CH]OCCOCCN=[N+]=[N-]. The number of hydrogen-bond acceptors (Lipinski definition) is 3. The number of azide groups is 1. The standard InChI is InChI=1S/C6H12N3O2/c1-2-10-5-6-11-4-3-8-9-7/h2H,3-6H2,1H3. The predicted octanol–water partition coefficient (Wildman–Crippen LogP) is 1.51. The van der Waals surface area contributed by atoms with E-state index in [2.05, 4.69) is 10.0 Å². The summed E-state index contributed by atoms with van der Waals surface area (Å²) < 4.78 is 9.91. The monoisotopic (exact) mass is 158 g/mol. The maximum atomic E-state index is 7.88. The molecule has 0 rings (SSSR count). The summed E-state index contributed by atoms with van der Waals surface area (Å²) in [7, 11) is 0. The van der Waals surface area contributed by atoms with E-state index in [0.717, 1.165) is 0 Å². The Hall–Kier alpha value is -0.770. The summed E-state index contributed by atoms with van der Waals surface area (Å²) in [5, 5.41) is 3.30. The third kappa shape index (κ3) is 9.23. The van der Waals surface area contributed by atoms with Gasteiger partial charge in [0.1, 0.15) is 0 Å². The van der Waals surface area contributed by atoms with Crippen molar-refractivity contribution < 1.29 is 9.47 Å². The molecule has 0 aliphatic rings. The molecule has 11 heavy (non-hydrogen) atoms. The van der Waals surface area contributed by atoms with E-state index < -0.39 is 0 Å². The zero-order chi connectivity index (χ0) is 8.36. The highest BCUT2D eigenvalue weighted by molar-refractivity contribution is 4.44. The van der Waals surface area contributed by atoms with Crippen LogP contribution in [0.4, 0.5) is 0 Å². The Morgan fingerprint density at radius 2 is 2.27 bits per heavy atom. The van der Waals surface area contributed by atoms with Gasteiger partial charge in [-0.2, -0.15) is 0 Å². The van der Waals surface area contributed by atoms with E-state index in [4.69, 9.17) is 15.0 Å². The summed E-state index contributed by atoms with van der Waals surface area (Å²) in [6.07, 6.45) is 0. The van der Waals surface area contributed by atoms with Crippen molar-refractivity contribution in [3.05, 3.63) is 17.0 Å². The lowest BCUT2D eigenvalue weighted by Gasteiger charge is -2.00. The van der Waals surface area contributed by atoms with Crippen LogP contribution in [0.15, 0.2) is 5.11 Å². The Morgan fingerprint density at radius 1 is 1.45 bits per heavy atom. The molecule has 5 heteroatoms. The van der Waals surface area contributed by atoms with Crippen molar-refractivity contribution in [1.29, 1.82) is 0 Å². The molecule has 5 nitrogen and oxygen atoms in total. The fourth-order valence-corrected chi connectivity index (χ4v) is 0.477. The van der Waals surface area contributed by atoms with Crippen LogP contribution in [0.5, 0.6) is 0 Å². The second kappa shape index (κ2) is 9.23. The minimum absolute atomic E-state index is 0.381. The molecule has 0 heterocycles.